The number of rotatable bonds is 5. The van der Waals surface area contributed by atoms with Crippen LogP contribution in [0.4, 0.5) is 0 Å². The minimum Gasteiger partial charge on any atom is -0.340 e. The first-order chi connectivity index (χ1) is 14.1. The summed E-state index contributed by atoms with van der Waals surface area (Å²) < 4.78 is 3.69. The van der Waals surface area contributed by atoms with Crippen LogP contribution in [0.2, 0.25) is 5.02 Å². The second-order valence-corrected chi connectivity index (χ2v) is 8.57. The average Bonchev–Trinajstić information content (AvgIpc) is 3.34. The maximum Gasteiger partial charge on any atom is 0.330 e. The van der Waals surface area contributed by atoms with Crippen molar-refractivity contribution in [3.05, 3.63) is 63.7 Å². The normalized spacial score (nSPS) is 19.2. The van der Waals surface area contributed by atoms with Crippen molar-refractivity contribution in [2.24, 2.45) is 5.92 Å². The van der Waals surface area contributed by atoms with Crippen LogP contribution in [0.15, 0.2) is 47.4 Å². The molecule has 1 aromatic carbocycles. The summed E-state index contributed by atoms with van der Waals surface area (Å²) >= 11 is 5.93. The van der Waals surface area contributed by atoms with Crippen LogP contribution >= 0.6 is 11.6 Å². The molecule has 1 atom stereocenters. The molecule has 3 aromatic rings. The summed E-state index contributed by atoms with van der Waals surface area (Å²) in [5, 5.41) is 0.664. The fraction of sp³-hybridized carbons (Fsp3) is 0.409. The minimum absolute atomic E-state index is 0.00241. The van der Waals surface area contributed by atoms with E-state index < -0.39 is 0 Å². The van der Waals surface area contributed by atoms with Crippen LogP contribution in [0.1, 0.15) is 30.9 Å². The SMILES string of the molecule is O=C(Cc1ccc(Cl)cc1)N1CC[C@@H](n2c(=O)n(CC3CC3)c3cccnc32)C1. The summed E-state index contributed by atoms with van der Waals surface area (Å²) in [5.74, 6) is 0.686. The van der Waals surface area contributed by atoms with E-state index in [9.17, 15) is 9.59 Å². The summed E-state index contributed by atoms with van der Waals surface area (Å²) in [4.78, 5) is 32.3. The third-order valence-electron chi connectivity index (χ3n) is 6.01. The average molecular weight is 411 g/mol. The summed E-state index contributed by atoms with van der Waals surface area (Å²) in [6.45, 7) is 1.97. The van der Waals surface area contributed by atoms with Gasteiger partial charge in [0.05, 0.1) is 18.0 Å². The molecule has 2 aromatic heterocycles. The molecular weight excluding hydrogens is 388 g/mol. The molecule has 0 spiro atoms. The van der Waals surface area contributed by atoms with Gasteiger partial charge in [0.2, 0.25) is 5.91 Å². The molecule has 1 aliphatic heterocycles. The first-order valence-electron chi connectivity index (χ1n) is 10.2. The highest BCUT2D eigenvalue weighted by Gasteiger charge is 2.32. The molecule has 6 nitrogen and oxygen atoms in total. The van der Waals surface area contributed by atoms with E-state index in [0.717, 1.165) is 29.7 Å². The van der Waals surface area contributed by atoms with Gasteiger partial charge in [-0.25, -0.2) is 9.78 Å². The van der Waals surface area contributed by atoms with Gasteiger partial charge in [0.15, 0.2) is 5.65 Å². The van der Waals surface area contributed by atoms with Gasteiger partial charge in [-0.1, -0.05) is 23.7 Å². The number of pyridine rings is 1. The van der Waals surface area contributed by atoms with E-state index in [2.05, 4.69) is 4.98 Å². The molecule has 1 saturated heterocycles. The second kappa shape index (κ2) is 7.34. The molecule has 1 aliphatic carbocycles. The van der Waals surface area contributed by atoms with Gasteiger partial charge in [-0.05, 0) is 55.0 Å². The number of imidazole rings is 1. The zero-order valence-electron chi connectivity index (χ0n) is 16.1. The Balaban J connectivity index is 1.38. The number of benzene rings is 1. The summed E-state index contributed by atoms with van der Waals surface area (Å²) in [6, 6.07) is 11.2. The van der Waals surface area contributed by atoms with Gasteiger partial charge < -0.3 is 4.90 Å². The molecule has 0 bridgehead atoms. The number of likely N-dealkylation sites (tertiary alicyclic amines) is 1. The Bertz CT molecular complexity index is 1110. The van der Waals surface area contributed by atoms with Crippen LogP contribution < -0.4 is 5.69 Å². The van der Waals surface area contributed by atoms with Crippen LogP contribution in [0.5, 0.6) is 0 Å². The largest absolute Gasteiger partial charge is 0.340 e. The zero-order chi connectivity index (χ0) is 20.0. The number of aromatic nitrogens is 3. The number of amides is 1. The Morgan fingerprint density at radius 1 is 1.14 bits per heavy atom. The molecule has 3 heterocycles. The number of carbonyl (C=O) groups is 1. The number of halogens is 1. The van der Waals surface area contributed by atoms with Crippen LogP contribution in [0.25, 0.3) is 11.2 Å². The van der Waals surface area contributed by atoms with Crippen LogP contribution in [-0.2, 0) is 17.8 Å². The Kier molecular flexibility index (Phi) is 4.66. The predicted octanol–water partition coefficient (Wildman–Crippen LogP) is 3.28. The Morgan fingerprint density at radius 3 is 2.69 bits per heavy atom. The molecule has 2 fully saturated rings. The van der Waals surface area contributed by atoms with E-state index in [0.29, 0.717) is 30.5 Å². The van der Waals surface area contributed by atoms with Crippen molar-refractivity contribution in [3.8, 4) is 0 Å². The maximum absolute atomic E-state index is 13.2. The molecule has 1 amide bonds. The molecule has 0 unspecified atom stereocenters. The monoisotopic (exact) mass is 410 g/mol. The van der Waals surface area contributed by atoms with Crippen molar-refractivity contribution < 1.29 is 4.79 Å². The number of fused-ring (bicyclic) bond motifs is 1. The molecule has 2 aliphatic rings. The van der Waals surface area contributed by atoms with Crippen molar-refractivity contribution in [1.29, 1.82) is 0 Å². The Labute approximate surface area is 173 Å². The lowest BCUT2D eigenvalue weighted by Crippen LogP contribution is -2.33. The third kappa shape index (κ3) is 3.57. The van der Waals surface area contributed by atoms with Gasteiger partial charge in [0.1, 0.15) is 0 Å². The first-order valence-corrected chi connectivity index (χ1v) is 10.6. The van der Waals surface area contributed by atoms with E-state index in [1.807, 2.05) is 38.3 Å². The predicted molar refractivity (Wildman–Crippen MR) is 112 cm³/mol. The van der Waals surface area contributed by atoms with E-state index in [1.54, 1.807) is 18.3 Å². The summed E-state index contributed by atoms with van der Waals surface area (Å²) in [5.41, 5.74) is 2.58. The molecular formula is C22H23ClN4O2. The summed E-state index contributed by atoms with van der Waals surface area (Å²) in [6.07, 6.45) is 5.23. The minimum atomic E-state index is -0.0329. The Morgan fingerprint density at radius 2 is 1.93 bits per heavy atom. The quantitative estimate of drug-likeness (QED) is 0.648. The zero-order valence-corrected chi connectivity index (χ0v) is 16.9. The topological polar surface area (TPSA) is 60.1 Å². The van der Waals surface area contributed by atoms with E-state index in [-0.39, 0.29) is 17.6 Å². The van der Waals surface area contributed by atoms with Gasteiger partial charge in [-0.3, -0.25) is 13.9 Å². The molecule has 7 heteroatoms. The third-order valence-corrected chi connectivity index (χ3v) is 6.26. The number of nitrogens with zero attached hydrogens (tertiary/aromatic N) is 4. The van der Waals surface area contributed by atoms with Gasteiger partial charge in [0.25, 0.3) is 0 Å². The molecule has 1 saturated carbocycles. The molecule has 29 heavy (non-hydrogen) atoms. The fourth-order valence-electron chi connectivity index (χ4n) is 4.24. The highest BCUT2D eigenvalue weighted by Crippen LogP contribution is 2.32. The second-order valence-electron chi connectivity index (χ2n) is 8.14. The van der Waals surface area contributed by atoms with Crippen molar-refractivity contribution in [2.45, 2.75) is 38.3 Å². The molecule has 5 rings (SSSR count). The van der Waals surface area contributed by atoms with Crippen LogP contribution in [0, 0.1) is 5.92 Å². The molecule has 0 N–H and O–H groups in total. The molecule has 0 radical (unpaired) electrons. The number of hydrogen-bond donors (Lipinski definition) is 0. The van der Waals surface area contributed by atoms with Crippen molar-refractivity contribution in [2.75, 3.05) is 13.1 Å². The van der Waals surface area contributed by atoms with Gasteiger partial charge >= 0.3 is 5.69 Å². The number of carbonyl (C=O) groups excluding carboxylic acids is 1. The maximum atomic E-state index is 13.2. The van der Waals surface area contributed by atoms with Crippen molar-refractivity contribution in [1.82, 2.24) is 19.0 Å². The van der Waals surface area contributed by atoms with Gasteiger partial charge in [0, 0.05) is 30.9 Å². The smallest absolute Gasteiger partial charge is 0.330 e. The highest BCUT2D eigenvalue weighted by molar-refractivity contribution is 6.30. The Hall–Kier alpha value is -2.60. The van der Waals surface area contributed by atoms with E-state index in [4.69, 9.17) is 11.6 Å². The first kappa shape index (κ1) is 18.4. The lowest BCUT2D eigenvalue weighted by molar-refractivity contribution is -0.129. The van der Waals surface area contributed by atoms with Crippen molar-refractivity contribution in [3.63, 3.8) is 0 Å². The van der Waals surface area contributed by atoms with Crippen LogP contribution in [0.3, 0.4) is 0 Å². The lowest BCUT2D eigenvalue weighted by Gasteiger charge is -2.17. The van der Waals surface area contributed by atoms with Crippen molar-refractivity contribution >= 4 is 28.7 Å². The standard InChI is InChI=1S/C22H23ClN4O2/c23-17-7-5-15(6-8-17)12-20(28)25-11-9-18(14-25)27-21-19(2-1-10-24-21)26(22(27)29)13-16-3-4-16/h1-2,5-8,10,16,18H,3-4,9,11-14H2/t18-/m1/s1. The fourth-order valence-corrected chi connectivity index (χ4v) is 4.37. The van der Waals surface area contributed by atoms with E-state index >= 15 is 0 Å². The lowest BCUT2D eigenvalue weighted by atomic mass is 10.1. The van der Waals surface area contributed by atoms with Crippen LogP contribution in [-0.4, -0.2) is 38.0 Å². The van der Waals surface area contributed by atoms with E-state index in [1.165, 1.54) is 12.8 Å². The highest BCUT2D eigenvalue weighted by atomic mass is 35.5. The number of hydrogen-bond acceptors (Lipinski definition) is 3. The van der Waals surface area contributed by atoms with Gasteiger partial charge in [-0.2, -0.15) is 0 Å². The summed E-state index contributed by atoms with van der Waals surface area (Å²) in [7, 11) is 0. The van der Waals surface area contributed by atoms with Gasteiger partial charge in [-0.15, -0.1) is 0 Å². The molecule has 150 valence electrons.